The number of carbonyl (C=O) groups is 1. The van der Waals surface area contributed by atoms with E-state index in [0.717, 1.165) is 24.8 Å². The van der Waals surface area contributed by atoms with Crippen LogP contribution in [0.4, 0.5) is 13.2 Å². The molecule has 4 rings (SSSR count). The van der Waals surface area contributed by atoms with Crippen LogP contribution in [0.1, 0.15) is 48.5 Å². The lowest BCUT2D eigenvalue weighted by molar-refractivity contribution is -0.167. The van der Waals surface area contributed by atoms with Crippen LogP contribution in [0.2, 0.25) is 5.02 Å². The van der Waals surface area contributed by atoms with Crippen molar-refractivity contribution in [3.63, 3.8) is 0 Å². The molecule has 1 N–H and O–H groups in total. The van der Waals surface area contributed by atoms with Gasteiger partial charge in [-0.25, -0.2) is 0 Å². The average molecular weight is 415 g/mol. The lowest BCUT2D eigenvalue weighted by Gasteiger charge is -2.32. The molecule has 0 spiro atoms. The van der Waals surface area contributed by atoms with E-state index in [9.17, 15) is 18.0 Å². The maximum Gasteiger partial charge on any atom is 0.408 e. The third-order valence-electron chi connectivity index (χ3n) is 5.83. The Bertz CT molecular complexity index is 870. The smallest absolute Gasteiger partial charge is 0.377 e. The molecule has 1 saturated carbocycles. The first-order chi connectivity index (χ1) is 13.4. The van der Waals surface area contributed by atoms with E-state index in [1.54, 1.807) is 18.3 Å². The van der Waals surface area contributed by atoms with Crippen LogP contribution >= 0.6 is 11.6 Å². The van der Waals surface area contributed by atoms with Crippen LogP contribution < -0.4 is 5.32 Å². The fourth-order valence-electron chi connectivity index (χ4n) is 4.28. The van der Waals surface area contributed by atoms with E-state index in [-0.39, 0.29) is 11.6 Å². The Morgan fingerprint density at radius 3 is 2.54 bits per heavy atom. The van der Waals surface area contributed by atoms with Crippen LogP contribution in [0.25, 0.3) is 10.9 Å². The van der Waals surface area contributed by atoms with E-state index in [0.29, 0.717) is 36.5 Å². The minimum Gasteiger partial charge on any atom is -0.377 e. The summed E-state index contributed by atoms with van der Waals surface area (Å²) in [6.07, 6.45) is 0.551. The first-order valence-corrected chi connectivity index (χ1v) is 9.98. The monoisotopic (exact) mass is 414 g/mol. The van der Waals surface area contributed by atoms with Gasteiger partial charge in [0.15, 0.2) is 0 Å². The Hall–Kier alpha value is -1.73. The van der Waals surface area contributed by atoms with E-state index < -0.39 is 24.0 Å². The lowest BCUT2D eigenvalue weighted by Crippen LogP contribution is -2.50. The first kappa shape index (κ1) is 19.6. The zero-order valence-corrected chi connectivity index (χ0v) is 16.0. The van der Waals surface area contributed by atoms with Crippen molar-refractivity contribution in [1.29, 1.82) is 0 Å². The number of carbonyl (C=O) groups excluding carboxylic acids is 1. The number of aromatic nitrogens is 1. The van der Waals surface area contributed by atoms with Gasteiger partial charge in [-0.15, -0.1) is 0 Å². The molecule has 1 amide bonds. The van der Waals surface area contributed by atoms with Gasteiger partial charge in [0.25, 0.3) is 5.91 Å². The van der Waals surface area contributed by atoms with Crippen LogP contribution in [-0.4, -0.2) is 35.9 Å². The Kier molecular flexibility index (Phi) is 5.31. The zero-order valence-electron chi connectivity index (χ0n) is 15.3. The summed E-state index contributed by atoms with van der Waals surface area (Å²) in [7, 11) is 0. The second-order valence-corrected chi connectivity index (χ2v) is 8.07. The van der Waals surface area contributed by atoms with Gasteiger partial charge in [-0.1, -0.05) is 36.9 Å². The molecule has 28 heavy (non-hydrogen) atoms. The number of benzene rings is 1. The molecule has 1 aliphatic heterocycles. The van der Waals surface area contributed by atoms with Crippen LogP contribution in [-0.2, 0) is 4.74 Å². The highest BCUT2D eigenvalue weighted by Gasteiger charge is 2.46. The SMILES string of the molecule is O=C(N[C@@H](C1CCCCC1)C(F)(F)F)c1cn(C2COC2)c2cccc(Cl)c12. The zero-order chi connectivity index (χ0) is 19.9. The summed E-state index contributed by atoms with van der Waals surface area (Å²) >= 11 is 6.31. The highest BCUT2D eigenvalue weighted by atomic mass is 35.5. The van der Waals surface area contributed by atoms with Crippen LogP contribution in [0.5, 0.6) is 0 Å². The van der Waals surface area contributed by atoms with Crippen molar-refractivity contribution in [2.45, 2.75) is 50.4 Å². The summed E-state index contributed by atoms with van der Waals surface area (Å²) in [6, 6.07) is 3.44. The van der Waals surface area contributed by atoms with Crippen molar-refractivity contribution in [2.75, 3.05) is 13.2 Å². The van der Waals surface area contributed by atoms with Crippen molar-refractivity contribution < 1.29 is 22.7 Å². The average Bonchev–Trinajstić information content (AvgIpc) is 2.99. The Morgan fingerprint density at radius 2 is 1.93 bits per heavy atom. The molecule has 4 nitrogen and oxygen atoms in total. The summed E-state index contributed by atoms with van der Waals surface area (Å²) < 4.78 is 48.2. The van der Waals surface area contributed by atoms with Crippen molar-refractivity contribution >= 4 is 28.4 Å². The molecular formula is C20H22ClF3N2O2. The molecule has 1 aromatic heterocycles. The fraction of sp³-hybridized carbons (Fsp3) is 0.550. The van der Waals surface area contributed by atoms with Gasteiger partial charge in [0, 0.05) is 11.6 Å². The van der Waals surface area contributed by atoms with Gasteiger partial charge in [-0.3, -0.25) is 4.79 Å². The molecule has 1 atom stereocenters. The number of alkyl halides is 3. The number of rotatable bonds is 4. The Labute approximate surface area is 166 Å². The molecule has 2 fully saturated rings. The van der Waals surface area contributed by atoms with Gasteiger partial charge < -0.3 is 14.6 Å². The third kappa shape index (κ3) is 3.62. The van der Waals surface area contributed by atoms with E-state index in [1.165, 1.54) is 0 Å². The number of hydrogen-bond donors (Lipinski definition) is 1. The van der Waals surface area contributed by atoms with Crippen molar-refractivity contribution in [2.24, 2.45) is 5.92 Å². The number of amides is 1. The third-order valence-corrected chi connectivity index (χ3v) is 6.14. The van der Waals surface area contributed by atoms with Crippen molar-refractivity contribution in [3.05, 3.63) is 35.0 Å². The maximum atomic E-state index is 13.7. The molecule has 1 aliphatic carbocycles. The number of hydrogen-bond acceptors (Lipinski definition) is 2. The van der Waals surface area contributed by atoms with Crippen LogP contribution in [0, 0.1) is 5.92 Å². The Morgan fingerprint density at radius 1 is 1.21 bits per heavy atom. The number of nitrogens with one attached hydrogen (secondary N) is 1. The summed E-state index contributed by atoms with van der Waals surface area (Å²) in [5.74, 6) is -1.31. The molecule has 8 heteroatoms. The predicted octanol–water partition coefficient (Wildman–Crippen LogP) is 5.11. The van der Waals surface area contributed by atoms with Crippen LogP contribution in [0.3, 0.4) is 0 Å². The molecule has 1 aromatic carbocycles. The van der Waals surface area contributed by atoms with E-state index >= 15 is 0 Å². The summed E-state index contributed by atoms with van der Waals surface area (Å²) in [4.78, 5) is 12.9. The van der Waals surface area contributed by atoms with Gasteiger partial charge >= 0.3 is 6.18 Å². The van der Waals surface area contributed by atoms with Crippen molar-refractivity contribution in [1.82, 2.24) is 9.88 Å². The largest absolute Gasteiger partial charge is 0.408 e. The molecule has 1 saturated heterocycles. The van der Waals surface area contributed by atoms with Gasteiger partial charge in [0.2, 0.25) is 0 Å². The van der Waals surface area contributed by atoms with Gasteiger partial charge in [0.05, 0.1) is 35.4 Å². The van der Waals surface area contributed by atoms with Gasteiger partial charge in [-0.05, 0) is 30.9 Å². The standard InChI is InChI=1S/C20H22ClF3N2O2/c21-15-7-4-8-16-17(15)14(9-26(16)13-10-28-11-13)19(27)25-18(20(22,23)24)12-5-2-1-3-6-12/h4,7-9,12-13,18H,1-3,5-6,10-11H2,(H,25,27)/t18-/m0/s1. The lowest BCUT2D eigenvalue weighted by atomic mass is 9.83. The second kappa shape index (κ2) is 7.59. The number of nitrogens with zero attached hydrogens (tertiary/aromatic N) is 1. The quantitative estimate of drug-likeness (QED) is 0.755. The molecule has 0 unspecified atom stereocenters. The molecule has 2 heterocycles. The summed E-state index contributed by atoms with van der Waals surface area (Å²) in [5.41, 5.74) is 0.907. The van der Waals surface area contributed by atoms with Gasteiger partial charge in [0.1, 0.15) is 6.04 Å². The fourth-order valence-corrected chi connectivity index (χ4v) is 4.55. The number of ether oxygens (including phenoxy) is 1. The van der Waals surface area contributed by atoms with E-state index in [2.05, 4.69) is 5.32 Å². The molecular weight excluding hydrogens is 393 g/mol. The topological polar surface area (TPSA) is 43.3 Å². The molecule has 0 bridgehead atoms. The minimum absolute atomic E-state index is 0.0549. The van der Waals surface area contributed by atoms with Crippen molar-refractivity contribution in [3.8, 4) is 0 Å². The van der Waals surface area contributed by atoms with Crippen LogP contribution in [0.15, 0.2) is 24.4 Å². The number of halogens is 4. The van der Waals surface area contributed by atoms with Gasteiger partial charge in [-0.2, -0.15) is 13.2 Å². The Balaban J connectivity index is 1.67. The predicted molar refractivity (Wildman–Crippen MR) is 101 cm³/mol. The molecule has 0 radical (unpaired) electrons. The minimum atomic E-state index is -4.48. The highest BCUT2D eigenvalue weighted by molar-refractivity contribution is 6.36. The summed E-state index contributed by atoms with van der Waals surface area (Å²) in [6.45, 7) is 1.01. The molecule has 2 aromatic rings. The maximum absolute atomic E-state index is 13.7. The molecule has 152 valence electrons. The first-order valence-electron chi connectivity index (χ1n) is 9.60. The normalized spacial score (nSPS) is 20.1. The number of fused-ring (bicyclic) bond motifs is 1. The second-order valence-electron chi connectivity index (χ2n) is 7.67. The van der Waals surface area contributed by atoms with E-state index in [4.69, 9.17) is 16.3 Å². The molecule has 2 aliphatic rings. The summed E-state index contributed by atoms with van der Waals surface area (Å²) in [5, 5.41) is 3.12. The van der Waals surface area contributed by atoms with E-state index in [1.807, 2.05) is 10.6 Å². The highest BCUT2D eigenvalue weighted by Crippen LogP contribution is 2.36.